The Morgan fingerprint density at radius 2 is 0.965 bits per heavy atom. The van der Waals surface area contributed by atoms with E-state index in [1.165, 1.54) is 116 Å². The van der Waals surface area contributed by atoms with Crippen LogP contribution in [0.4, 0.5) is 0 Å². The molecule has 0 amide bonds. The van der Waals surface area contributed by atoms with Crippen molar-refractivity contribution in [1.82, 2.24) is 0 Å². The molecule has 0 rings (SSSR count). The van der Waals surface area contributed by atoms with Crippen molar-refractivity contribution in [2.45, 2.75) is 200 Å². The van der Waals surface area contributed by atoms with E-state index in [1.54, 1.807) is 0 Å². The number of phosphoric ester groups is 1. The molecule has 0 aliphatic carbocycles. The largest absolute Gasteiger partial charge is 0.472 e. The van der Waals surface area contributed by atoms with Gasteiger partial charge in [-0.2, -0.15) is 0 Å². The summed E-state index contributed by atoms with van der Waals surface area (Å²) in [5, 5.41) is 0. The van der Waals surface area contributed by atoms with Gasteiger partial charge < -0.3 is 18.9 Å². The molecule has 8 nitrogen and oxygen atoms in total. The van der Waals surface area contributed by atoms with Crippen molar-refractivity contribution in [2.24, 2.45) is 0 Å². The van der Waals surface area contributed by atoms with Gasteiger partial charge >= 0.3 is 13.8 Å². The van der Waals surface area contributed by atoms with Crippen LogP contribution in [0.3, 0.4) is 0 Å². The highest BCUT2D eigenvalue weighted by atomic mass is 31.2. The molecule has 0 fully saturated rings. The van der Waals surface area contributed by atoms with Crippen LogP contribution >= 0.6 is 7.82 Å². The molecule has 334 valence electrons. The second-order valence-corrected chi connectivity index (χ2v) is 18.2. The van der Waals surface area contributed by atoms with Crippen LogP contribution in [0.15, 0.2) is 48.6 Å². The van der Waals surface area contributed by atoms with Crippen LogP contribution in [0.25, 0.3) is 0 Å². The molecule has 0 saturated heterocycles. The number of hydrogen-bond donors (Lipinski definition) is 1. The Hall–Kier alpha value is -1.54. The van der Waals surface area contributed by atoms with Crippen molar-refractivity contribution in [2.75, 3.05) is 54.1 Å². The highest BCUT2D eigenvalue weighted by Gasteiger charge is 2.26. The van der Waals surface area contributed by atoms with Crippen LogP contribution < -0.4 is 0 Å². The first-order valence-corrected chi connectivity index (χ1v) is 24.9. The molecular formula is C48H91NO7P+. The minimum Gasteiger partial charge on any atom is -0.457 e. The van der Waals surface area contributed by atoms with Crippen LogP contribution in [0.2, 0.25) is 0 Å². The molecule has 2 unspecified atom stereocenters. The van der Waals surface area contributed by atoms with Crippen LogP contribution in [0.1, 0.15) is 194 Å². The first-order chi connectivity index (χ1) is 27.6. The Morgan fingerprint density at radius 1 is 0.544 bits per heavy atom. The molecular weight excluding hydrogens is 734 g/mol. The van der Waals surface area contributed by atoms with E-state index in [-0.39, 0.29) is 25.8 Å². The van der Waals surface area contributed by atoms with Gasteiger partial charge in [-0.15, -0.1) is 0 Å². The summed E-state index contributed by atoms with van der Waals surface area (Å²) < 4.78 is 35.0. The minimum absolute atomic E-state index is 0.0834. The number of nitrogens with zero attached hydrogens (tertiary/aromatic N) is 1. The molecule has 0 aliphatic heterocycles. The maximum Gasteiger partial charge on any atom is 0.472 e. The van der Waals surface area contributed by atoms with Gasteiger partial charge in [0, 0.05) is 13.0 Å². The summed E-state index contributed by atoms with van der Waals surface area (Å²) in [7, 11) is 1.65. The van der Waals surface area contributed by atoms with E-state index in [9.17, 15) is 14.3 Å². The van der Waals surface area contributed by atoms with Gasteiger partial charge in [-0.1, -0.05) is 159 Å². The Labute approximate surface area is 352 Å². The number of carbonyl (C=O) groups is 1. The molecule has 0 radical (unpaired) electrons. The van der Waals surface area contributed by atoms with Gasteiger partial charge in [0.25, 0.3) is 0 Å². The van der Waals surface area contributed by atoms with Gasteiger partial charge in [0.2, 0.25) is 0 Å². The van der Waals surface area contributed by atoms with Crippen LogP contribution in [0.5, 0.6) is 0 Å². The average molecular weight is 825 g/mol. The summed E-state index contributed by atoms with van der Waals surface area (Å²) in [4.78, 5) is 22.9. The highest BCUT2D eigenvalue weighted by Crippen LogP contribution is 2.43. The number of quaternary nitrogens is 1. The number of rotatable bonds is 43. The van der Waals surface area contributed by atoms with Crippen molar-refractivity contribution >= 4 is 13.8 Å². The van der Waals surface area contributed by atoms with Crippen molar-refractivity contribution in [3.8, 4) is 0 Å². The number of likely N-dealkylation sites (N-methyl/N-ethyl adjacent to an activating group) is 1. The second kappa shape index (κ2) is 41.2. The normalized spacial score (nSPS) is 14.1. The van der Waals surface area contributed by atoms with Crippen molar-refractivity contribution in [3.05, 3.63) is 48.6 Å². The summed E-state index contributed by atoms with van der Waals surface area (Å²) in [5.74, 6) is -0.328. The van der Waals surface area contributed by atoms with E-state index in [2.05, 4.69) is 62.5 Å². The molecule has 0 bridgehead atoms. The molecule has 9 heteroatoms. The topological polar surface area (TPSA) is 91.3 Å². The van der Waals surface area contributed by atoms with E-state index in [4.69, 9.17) is 18.5 Å². The van der Waals surface area contributed by atoms with Gasteiger partial charge in [0.05, 0.1) is 34.4 Å². The number of allylic oxidation sites excluding steroid dienone is 8. The Balaban J connectivity index is 4.25. The summed E-state index contributed by atoms with van der Waals surface area (Å²) in [5.41, 5.74) is 0. The van der Waals surface area contributed by atoms with Crippen LogP contribution in [-0.2, 0) is 27.9 Å². The van der Waals surface area contributed by atoms with E-state index < -0.39 is 13.9 Å². The van der Waals surface area contributed by atoms with Crippen molar-refractivity contribution in [3.63, 3.8) is 0 Å². The Morgan fingerprint density at radius 3 is 1.49 bits per heavy atom. The van der Waals surface area contributed by atoms with Gasteiger partial charge in [0.15, 0.2) is 0 Å². The third-order valence-corrected chi connectivity index (χ3v) is 10.8. The zero-order chi connectivity index (χ0) is 42.0. The predicted octanol–water partition coefficient (Wildman–Crippen LogP) is 13.9. The minimum atomic E-state index is -4.28. The fraction of sp³-hybridized carbons (Fsp3) is 0.812. The summed E-state index contributed by atoms with van der Waals surface area (Å²) >= 11 is 0. The zero-order valence-electron chi connectivity index (χ0n) is 37.8. The number of hydrogen-bond acceptors (Lipinski definition) is 6. The van der Waals surface area contributed by atoms with Gasteiger partial charge in [0.1, 0.15) is 19.3 Å². The van der Waals surface area contributed by atoms with Gasteiger partial charge in [-0.25, -0.2) is 4.57 Å². The van der Waals surface area contributed by atoms with Crippen LogP contribution in [-0.4, -0.2) is 75.6 Å². The fourth-order valence-electron chi connectivity index (χ4n) is 6.20. The quantitative estimate of drug-likeness (QED) is 0.0215. The van der Waals surface area contributed by atoms with E-state index in [0.29, 0.717) is 24.1 Å². The summed E-state index contributed by atoms with van der Waals surface area (Å²) in [6.07, 6.45) is 50.0. The molecule has 0 aliphatic rings. The molecule has 0 aromatic heterocycles. The van der Waals surface area contributed by atoms with Crippen molar-refractivity contribution < 1.29 is 37.3 Å². The maximum atomic E-state index is 12.7. The lowest BCUT2D eigenvalue weighted by atomic mass is 10.1. The van der Waals surface area contributed by atoms with Gasteiger partial charge in [-0.05, 0) is 77.0 Å². The lowest BCUT2D eigenvalue weighted by molar-refractivity contribution is -0.870. The molecule has 0 saturated carbocycles. The summed E-state index contributed by atoms with van der Waals surface area (Å²) in [6.45, 7) is 5.56. The second-order valence-electron chi connectivity index (χ2n) is 16.8. The Bertz CT molecular complexity index is 1050. The number of phosphoric acid groups is 1. The molecule has 0 aromatic rings. The smallest absolute Gasteiger partial charge is 0.457 e. The average Bonchev–Trinajstić information content (AvgIpc) is 3.16. The van der Waals surface area contributed by atoms with Crippen molar-refractivity contribution in [1.29, 1.82) is 0 Å². The molecule has 0 spiro atoms. The van der Waals surface area contributed by atoms with Crippen LogP contribution in [0, 0.1) is 0 Å². The number of carbonyl (C=O) groups excluding carboxylic acids is 1. The zero-order valence-corrected chi connectivity index (χ0v) is 38.7. The molecule has 0 aromatic carbocycles. The SMILES string of the molecule is CCCCC/C=C\C/C=C\C/C=C\CCCCCCCCC(=O)OC(COCCCCCCCC/C=C\CCCCCCCC)COP(=O)(O)OCC[N+](C)(C)C. The standard InChI is InChI=1S/C48H90NO7P/c1-6-8-10-12-14-16-18-20-22-24-25-26-27-29-31-33-35-37-39-41-48(50)56-47(46-55-57(51,52)54-44-42-49(3,4)5)45-53-43-40-38-36-34-32-30-28-23-21-19-17-15-13-11-9-7-2/h14,16,20-23,25-26,47H,6-13,15,17-19,24,27-46H2,1-5H3/p+1/b16-14-,22-20-,23-21-,26-25-. The first kappa shape index (κ1) is 55.5. The highest BCUT2D eigenvalue weighted by molar-refractivity contribution is 7.47. The first-order valence-electron chi connectivity index (χ1n) is 23.4. The number of unbranched alkanes of at least 4 members (excludes halogenated alkanes) is 21. The van der Waals surface area contributed by atoms with E-state index in [1.807, 2.05) is 21.1 Å². The Kier molecular flexibility index (Phi) is 40.1. The molecule has 57 heavy (non-hydrogen) atoms. The predicted molar refractivity (Wildman–Crippen MR) is 243 cm³/mol. The number of ether oxygens (including phenoxy) is 2. The summed E-state index contributed by atoms with van der Waals surface area (Å²) in [6, 6.07) is 0. The molecule has 1 N–H and O–H groups in total. The monoisotopic (exact) mass is 825 g/mol. The maximum absolute atomic E-state index is 12.7. The third kappa shape index (κ3) is 45.4. The third-order valence-electron chi connectivity index (χ3n) is 9.86. The lowest BCUT2D eigenvalue weighted by Gasteiger charge is -2.24. The van der Waals surface area contributed by atoms with E-state index >= 15 is 0 Å². The van der Waals surface area contributed by atoms with Gasteiger partial charge in [-0.3, -0.25) is 13.8 Å². The number of esters is 1. The lowest BCUT2D eigenvalue weighted by Crippen LogP contribution is -2.37. The molecule has 0 heterocycles. The van der Waals surface area contributed by atoms with E-state index in [0.717, 1.165) is 57.8 Å². The fourth-order valence-corrected chi connectivity index (χ4v) is 6.94. The molecule has 2 atom stereocenters.